The molecule has 1 amide bonds. The van der Waals surface area contributed by atoms with Gasteiger partial charge in [0, 0.05) is 31.6 Å². The number of pyridine rings is 1. The molecule has 8 nitrogen and oxygen atoms in total. The van der Waals surface area contributed by atoms with Crippen LogP contribution in [0.15, 0.2) is 48.3 Å². The van der Waals surface area contributed by atoms with Crippen LogP contribution in [0.5, 0.6) is 11.5 Å². The van der Waals surface area contributed by atoms with Crippen molar-refractivity contribution in [3.63, 3.8) is 0 Å². The lowest BCUT2D eigenvalue weighted by Crippen LogP contribution is -2.32. The second-order valence-corrected chi connectivity index (χ2v) is 7.92. The fraction of sp³-hybridized carbons (Fsp3) is 0.423. The van der Waals surface area contributed by atoms with E-state index in [0.717, 1.165) is 19.3 Å². The molecule has 1 atom stereocenters. The number of ketones is 1. The Bertz CT molecular complexity index is 1020. The third-order valence-electron chi connectivity index (χ3n) is 5.62. The van der Waals surface area contributed by atoms with Gasteiger partial charge in [0.2, 0.25) is 0 Å². The number of carbonyl (C=O) groups excluding carboxylic acids is 2. The molecule has 2 aromatic rings. The van der Waals surface area contributed by atoms with Crippen molar-refractivity contribution < 1.29 is 28.9 Å². The highest BCUT2D eigenvalue weighted by Gasteiger charge is 2.46. The van der Waals surface area contributed by atoms with Crippen molar-refractivity contribution in [1.29, 1.82) is 0 Å². The van der Waals surface area contributed by atoms with Gasteiger partial charge in [-0.3, -0.25) is 14.6 Å². The maximum atomic E-state index is 13.0. The number of hydrogen-bond acceptors (Lipinski definition) is 7. The second kappa shape index (κ2) is 12.2. The van der Waals surface area contributed by atoms with Crippen LogP contribution in [-0.4, -0.2) is 60.2 Å². The average Bonchev–Trinajstić information content (AvgIpc) is 3.11. The Balaban J connectivity index is 2.06. The number of aliphatic hydroxyl groups excluding tert-OH is 1. The summed E-state index contributed by atoms with van der Waals surface area (Å²) in [4.78, 5) is 31.3. The van der Waals surface area contributed by atoms with Crippen LogP contribution in [0, 0.1) is 0 Å². The van der Waals surface area contributed by atoms with Crippen molar-refractivity contribution in [2.75, 3.05) is 33.5 Å². The van der Waals surface area contributed by atoms with Gasteiger partial charge in [0.1, 0.15) is 5.76 Å². The number of hydrogen-bond donors (Lipinski definition) is 1. The number of unbranched alkanes of at least 4 members (excludes halogenated alkanes) is 2. The van der Waals surface area contributed by atoms with Crippen LogP contribution in [0.25, 0.3) is 5.76 Å². The van der Waals surface area contributed by atoms with Gasteiger partial charge in [0.15, 0.2) is 11.5 Å². The largest absolute Gasteiger partial charge is 0.507 e. The Labute approximate surface area is 200 Å². The Hall–Kier alpha value is -3.39. The van der Waals surface area contributed by atoms with Gasteiger partial charge in [0.25, 0.3) is 11.7 Å². The smallest absolute Gasteiger partial charge is 0.295 e. The molecule has 2 heterocycles. The fourth-order valence-corrected chi connectivity index (χ4v) is 3.93. The molecule has 34 heavy (non-hydrogen) atoms. The normalized spacial score (nSPS) is 17.3. The van der Waals surface area contributed by atoms with E-state index >= 15 is 0 Å². The number of likely N-dealkylation sites (tertiary alicyclic amines) is 1. The number of rotatable bonds is 12. The number of benzene rings is 1. The van der Waals surface area contributed by atoms with Crippen molar-refractivity contribution >= 4 is 17.4 Å². The number of nitrogens with zero attached hydrogens (tertiary/aromatic N) is 2. The van der Waals surface area contributed by atoms with E-state index < -0.39 is 17.7 Å². The Morgan fingerprint density at radius 3 is 2.47 bits per heavy atom. The first-order valence-electron chi connectivity index (χ1n) is 11.6. The molecule has 182 valence electrons. The van der Waals surface area contributed by atoms with Gasteiger partial charge in [-0.05, 0) is 43.2 Å². The van der Waals surface area contributed by atoms with Gasteiger partial charge in [-0.2, -0.15) is 0 Å². The Morgan fingerprint density at radius 1 is 1.03 bits per heavy atom. The standard InChI is InChI=1S/C26H32N2O6/c1-4-6-7-15-34-20-9-8-19(17-21(20)33-5-2)23-22(24(29)18-10-12-27-13-11-18)25(30)26(31)28(23)14-16-32-3/h8-13,17,23,29H,4-7,14-16H2,1-3H3. The zero-order valence-electron chi connectivity index (χ0n) is 20.0. The summed E-state index contributed by atoms with van der Waals surface area (Å²) >= 11 is 0. The zero-order valence-corrected chi connectivity index (χ0v) is 20.0. The minimum absolute atomic E-state index is 0.0198. The van der Waals surface area contributed by atoms with E-state index in [1.807, 2.05) is 6.92 Å². The monoisotopic (exact) mass is 468 g/mol. The van der Waals surface area contributed by atoms with Gasteiger partial charge in [-0.25, -0.2) is 0 Å². The lowest BCUT2D eigenvalue weighted by atomic mass is 9.95. The average molecular weight is 469 g/mol. The summed E-state index contributed by atoms with van der Waals surface area (Å²) in [6.45, 7) is 5.44. The van der Waals surface area contributed by atoms with Crippen LogP contribution < -0.4 is 9.47 Å². The molecule has 0 radical (unpaired) electrons. The molecule has 3 rings (SSSR count). The molecule has 1 aromatic carbocycles. The highest BCUT2D eigenvalue weighted by Crippen LogP contribution is 2.42. The Morgan fingerprint density at radius 2 is 1.79 bits per heavy atom. The lowest BCUT2D eigenvalue weighted by Gasteiger charge is -2.26. The van der Waals surface area contributed by atoms with Crippen LogP contribution in [0.1, 0.15) is 50.3 Å². The molecular formula is C26H32N2O6. The topological polar surface area (TPSA) is 98.2 Å². The fourth-order valence-electron chi connectivity index (χ4n) is 3.93. The number of Topliss-reactive ketones (excluding diaryl/α,β-unsaturated/α-hetero) is 1. The summed E-state index contributed by atoms with van der Waals surface area (Å²) in [5.41, 5.74) is 1.06. The van der Waals surface area contributed by atoms with Crippen LogP contribution >= 0.6 is 0 Å². The van der Waals surface area contributed by atoms with E-state index in [9.17, 15) is 14.7 Å². The first-order valence-corrected chi connectivity index (χ1v) is 11.6. The molecule has 0 spiro atoms. The van der Waals surface area contributed by atoms with E-state index in [1.54, 1.807) is 30.3 Å². The number of methoxy groups -OCH3 is 1. The maximum Gasteiger partial charge on any atom is 0.295 e. The van der Waals surface area contributed by atoms with Gasteiger partial charge in [0.05, 0.1) is 31.4 Å². The quantitative estimate of drug-likeness (QED) is 0.217. The predicted molar refractivity (Wildman–Crippen MR) is 128 cm³/mol. The van der Waals surface area contributed by atoms with E-state index in [4.69, 9.17) is 14.2 Å². The molecule has 1 fully saturated rings. The first kappa shape index (κ1) is 25.2. The van der Waals surface area contributed by atoms with Crippen molar-refractivity contribution in [1.82, 2.24) is 9.88 Å². The van der Waals surface area contributed by atoms with Crippen molar-refractivity contribution in [2.24, 2.45) is 0 Å². The van der Waals surface area contributed by atoms with E-state index in [1.165, 1.54) is 24.4 Å². The summed E-state index contributed by atoms with van der Waals surface area (Å²) in [6.07, 6.45) is 6.14. The molecule has 1 aliphatic heterocycles. The van der Waals surface area contributed by atoms with Gasteiger partial charge in [-0.15, -0.1) is 0 Å². The predicted octanol–water partition coefficient (Wildman–Crippen LogP) is 4.12. The molecule has 1 aromatic heterocycles. The third-order valence-corrected chi connectivity index (χ3v) is 5.62. The number of carbonyl (C=O) groups is 2. The summed E-state index contributed by atoms with van der Waals surface area (Å²) < 4.78 is 16.9. The van der Waals surface area contributed by atoms with Gasteiger partial charge >= 0.3 is 0 Å². The van der Waals surface area contributed by atoms with Crippen LogP contribution in [0.3, 0.4) is 0 Å². The van der Waals surface area contributed by atoms with Crippen molar-refractivity contribution in [3.8, 4) is 11.5 Å². The van der Waals surface area contributed by atoms with Crippen LogP contribution in [-0.2, 0) is 14.3 Å². The number of aromatic nitrogens is 1. The first-order chi connectivity index (χ1) is 16.5. The molecule has 0 bridgehead atoms. The molecule has 0 aliphatic carbocycles. The molecule has 0 saturated carbocycles. The van der Waals surface area contributed by atoms with E-state index in [0.29, 0.717) is 35.8 Å². The van der Waals surface area contributed by atoms with Crippen LogP contribution in [0.4, 0.5) is 0 Å². The number of ether oxygens (including phenoxy) is 3. The third kappa shape index (κ3) is 5.56. The molecule has 1 aliphatic rings. The second-order valence-electron chi connectivity index (χ2n) is 7.92. The minimum Gasteiger partial charge on any atom is -0.507 e. The summed E-state index contributed by atoms with van der Waals surface area (Å²) in [7, 11) is 1.53. The van der Waals surface area contributed by atoms with Crippen LogP contribution in [0.2, 0.25) is 0 Å². The molecule has 1 unspecified atom stereocenters. The lowest BCUT2D eigenvalue weighted by molar-refractivity contribution is -0.140. The summed E-state index contributed by atoms with van der Waals surface area (Å²) in [5, 5.41) is 11.0. The number of amides is 1. The molecule has 1 saturated heterocycles. The maximum absolute atomic E-state index is 13.0. The van der Waals surface area contributed by atoms with E-state index in [-0.39, 0.29) is 24.5 Å². The highest BCUT2D eigenvalue weighted by atomic mass is 16.5. The molecule has 8 heteroatoms. The molecule has 1 N–H and O–H groups in total. The highest BCUT2D eigenvalue weighted by molar-refractivity contribution is 6.46. The van der Waals surface area contributed by atoms with Crippen molar-refractivity contribution in [2.45, 2.75) is 39.2 Å². The Kier molecular flexibility index (Phi) is 9.04. The van der Waals surface area contributed by atoms with E-state index in [2.05, 4.69) is 11.9 Å². The van der Waals surface area contributed by atoms with Gasteiger partial charge < -0.3 is 24.2 Å². The summed E-state index contributed by atoms with van der Waals surface area (Å²) in [6, 6.07) is 7.75. The zero-order chi connectivity index (χ0) is 24.5. The molecular weight excluding hydrogens is 436 g/mol. The minimum atomic E-state index is -0.795. The summed E-state index contributed by atoms with van der Waals surface area (Å²) in [5.74, 6) is -0.547. The SMILES string of the molecule is CCCCCOc1ccc(C2C(=C(O)c3ccncc3)C(=O)C(=O)N2CCOC)cc1OCC. The number of aliphatic hydroxyl groups is 1. The van der Waals surface area contributed by atoms with Gasteiger partial charge in [-0.1, -0.05) is 25.8 Å². The van der Waals surface area contributed by atoms with Crippen molar-refractivity contribution in [3.05, 3.63) is 59.4 Å².